The highest BCUT2D eigenvalue weighted by Gasteiger charge is 2.17. The first-order valence-corrected chi connectivity index (χ1v) is 7.06. The van der Waals surface area contributed by atoms with Gasteiger partial charge in [-0.1, -0.05) is 41.8 Å². The minimum atomic E-state index is -0.236. The number of carbonyl (C=O) groups is 1. The van der Waals surface area contributed by atoms with Gasteiger partial charge in [-0.25, -0.2) is 0 Å². The van der Waals surface area contributed by atoms with E-state index in [1.54, 1.807) is 18.7 Å². The molecule has 0 spiro atoms. The van der Waals surface area contributed by atoms with E-state index in [2.05, 4.69) is 21.9 Å². The SMILES string of the molecule is CCSc1nnc(S[C@H](C)C(=O)OC)s1. The summed E-state index contributed by atoms with van der Waals surface area (Å²) in [5.41, 5.74) is 0. The number of hydrogen-bond acceptors (Lipinski definition) is 7. The van der Waals surface area contributed by atoms with Gasteiger partial charge in [-0.3, -0.25) is 4.79 Å². The van der Waals surface area contributed by atoms with E-state index in [1.807, 2.05) is 0 Å². The maximum absolute atomic E-state index is 11.2. The molecule has 4 nitrogen and oxygen atoms in total. The summed E-state index contributed by atoms with van der Waals surface area (Å²) in [4.78, 5) is 11.2. The normalized spacial score (nSPS) is 12.5. The van der Waals surface area contributed by atoms with E-state index >= 15 is 0 Å². The Morgan fingerprint density at radius 1 is 1.53 bits per heavy atom. The van der Waals surface area contributed by atoms with Crippen LogP contribution in [0.4, 0.5) is 0 Å². The summed E-state index contributed by atoms with van der Waals surface area (Å²) >= 11 is 4.54. The zero-order chi connectivity index (χ0) is 11.3. The van der Waals surface area contributed by atoms with Gasteiger partial charge in [0.1, 0.15) is 5.25 Å². The van der Waals surface area contributed by atoms with Crippen LogP contribution in [0.25, 0.3) is 0 Å². The molecule has 1 rings (SSSR count). The Kier molecular flexibility index (Phi) is 5.41. The van der Waals surface area contributed by atoms with Crippen molar-refractivity contribution < 1.29 is 9.53 Å². The van der Waals surface area contributed by atoms with E-state index in [1.165, 1.54) is 30.2 Å². The van der Waals surface area contributed by atoms with Crippen LogP contribution in [0.3, 0.4) is 0 Å². The Balaban J connectivity index is 2.53. The molecule has 1 heterocycles. The van der Waals surface area contributed by atoms with Crippen LogP contribution in [0.5, 0.6) is 0 Å². The van der Waals surface area contributed by atoms with Crippen molar-refractivity contribution in [1.29, 1.82) is 0 Å². The van der Waals surface area contributed by atoms with Crippen molar-refractivity contribution in [2.45, 2.75) is 27.8 Å². The second kappa shape index (κ2) is 6.34. The van der Waals surface area contributed by atoms with Gasteiger partial charge < -0.3 is 4.74 Å². The molecule has 84 valence electrons. The Morgan fingerprint density at radius 2 is 2.20 bits per heavy atom. The van der Waals surface area contributed by atoms with Crippen molar-refractivity contribution in [2.75, 3.05) is 12.9 Å². The number of ether oxygens (including phenoxy) is 1. The highest BCUT2D eigenvalue weighted by atomic mass is 32.2. The minimum absolute atomic E-state index is 0.234. The maximum atomic E-state index is 11.2. The summed E-state index contributed by atoms with van der Waals surface area (Å²) in [6, 6.07) is 0. The van der Waals surface area contributed by atoms with Crippen molar-refractivity contribution in [3.05, 3.63) is 0 Å². The third kappa shape index (κ3) is 4.00. The fourth-order valence-electron chi connectivity index (χ4n) is 0.792. The lowest BCUT2D eigenvalue weighted by Gasteiger charge is -2.04. The molecule has 0 unspecified atom stereocenters. The third-order valence-corrected chi connectivity index (χ3v) is 4.57. The third-order valence-electron chi connectivity index (χ3n) is 1.47. The van der Waals surface area contributed by atoms with Crippen molar-refractivity contribution >= 4 is 40.8 Å². The van der Waals surface area contributed by atoms with Crippen LogP contribution in [0, 0.1) is 0 Å². The monoisotopic (exact) mass is 264 g/mol. The molecule has 0 aliphatic rings. The lowest BCUT2D eigenvalue weighted by Crippen LogP contribution is -2.14. The molecule has 0 aliphatic carbocycles. The molecule has 0 saturated carbocycles. The summed E-state index contributed by atoms with van der Waals surface area (Å²) in [5.74, 6) is 0.742. The average Bonchev–Trinajstić information content (AvgIpc) is 2.65. The largest absolute Gasteiger partial charge is 0.468 e. The average molecular weight is 264 g/mol. The first-order valence-electron chi connectivity index (χ1n) is 4.38. The lowest BCUT2D eigenvalue weighted by molar-refractivity contribution is -0.139. The molecule has 0 bridgehead atoms. The summed E-state index contributed by atoms with van der Waals surface area (Å²) in [5, 5.41) is 7.76. The first-order chi connectivity index (χ1) is 7.17. The fourth-order valence-corrected chi connectivity index (χ4v) is 3.88. The molecule has 0 aliphatic heterocycles. The predicted molar refractivity (Wildman–Crippen MR) is 63.6 cm³/mol. The van der Waals surface area contributed by atoms with E-state index in [0.29, 0.717) is 0 Å². The number of thioether (sulfide) groups is 2. The van der Waals surface area contributed by atoms with Crippen molar-refractivity contribution in [2.24, 2.45) is 0 Å². The predicted octanol–water partition coefficient (Wildman–Crippen LogP) is 2.30. The lowest BCUT2D eigenvalue weighted by atomic mass is 10.5. The standard InChI is InChI=1S/C8H12N2O2S3/c1-4-13-7-9-10-8(15-7)14-5(2)6(11)12-3/h5H,4H2,1-3H3/t5-/m1/s1. The molecule has 1 atom stereocenters. The Hall–Kier alpha value is -0.270. The van der Waals surface area contributed by atoms with Crippen LogP contribution in [-0.2, 0) is 9.53 Å². The zero-order valence-corrected chi connectivity index (χ0v) is 11.2. The first kappa shape index (κ1) is 12.8. The van der Waals surface area contributed by atoms with Crippen LogP contribution in [0.15, 0.2) is 8.68 Å². The van der Waals surface area contributed by atoms with E-state index in [-0.39, 0.29) is 11.2 Å². The molecule has 7 heteroatoms. The Morgan fingerprint density at radius 3 is 2.80 bits per heavy atom. The molecule has 1 aromatic heterocycles. The van der Waals surface area contributed by atoms with Gasteiger partial charge in [0.15, 0.2) is 8.68 Å². The number of nitrogens with zero attached hydrogens (tertiary/aromatic N) is 2. The van der Waals surface area contributed by atoms with E-state index in [9.17, 15) is 4.79 Å². The van der Waals surface area contributed by atoms with Crippen LogP contribution in [0.1, 0.15) is 13.8 Å². The highest BCUT2D eigenvalue weighted by molar-refractivity contribution is 8.03. The smallest absolute Gasteiger partial charge is 0.318 e. The zero-order valence-electron chi connectivity index (χ0n) is 8.72. The van der Waals surface area contributed by atoms with Gasteiger partial charge >= 0.3 is 5.97 Å². The van der Waals surface area contributed by atoms with Gasteiger partial charge in [-0.05, 0) is 12.7 Å². The summed E-state index contributed by atoms with van der Waals surface area (Å²) in [6.45, 7) is 3.86. The second-order valence-corrected chi connectivity index (χ2v) is 6.63. The van der Waals surface area contributed by atoms with Gasteiger partial charge in [-0.15, -0.1) is 10.2 Å². The fraction of sp³-hybridized carbons (Fsp3) is 0.625. The Labute approximate surface area is 101 Å². The van der Waals surface area contributed by atoms with Crippen LogP contribution < -0.4 is 0 Å². The van der Waals surface area contributed by atoms with Gasteiger partial charge in [-0.2, -0.15) is 0 Å². The molecular formula is C8H12N2O2S3. The number of methoxy groups -OCH3 is 1. The van der Waals surface area contributed by atoms with E-state index < -0.39 is 0 Å². The molecule has 1 aromatic rings. The molecule has 0 saturated heterocycles. The van der Waals surface area contributed by atoms with Crippen LogP contribution >= 0.6 is 34.9 Å². The highest BCUT2D eigenvalue weighted by Crippen LogP contribution is 2.31. The van der Waals surface area contributed by atoms with Gasteiger partial charge in [0.2, 0.25) is 0 Å². The molecular weight excluding hydrogens is 252 g/mol. The quantitative estimate of drug-likeness (QED) is 0.601. The van der Waals surface area contributed by atoms with Gasteiger partial charge in [0, 0.05) is 0 Å². The minimum Gasteiger partial charge on any atom is -0.468 e. The summed E-state index contributed by atoms with van der Waals surface area (Å²) in [7, 11) is 1.39. The number of esters is 1. The maximum Gasteiger partial charge on any atom is 0.318 e. The summed E-state index contributed by atoms with van der Waals surface area (Å²) < 4.78 is 6.38. The number of carbonyl (C=O) groups excluding carboxylic acids is 1. The summed E-state index contributed by atoms with van der Waals surface area (Å²) in [6.07, 6.45) is 0. The number of rotatable bonds is 5. The number of hydrogen-bond donors (Lipinski definition) is 0. The molecule has 0 amide bonds. The molecule has 0 radical (unpaired) electrons. The topological polar surface area (TPSA) is 52.1 Å². The second-order valence-electron chi connectivity index (χ2n) is 2.55. The van der Waals surface area contributed by atoms with Crippen LogP contribution in [-0.4, -0.2) is 34.3 Å². The molecule has 0 N–H and O–H groups in total. The van der Waals surface area contributed by atoms with Gasteiger partial charge in [0.05, 0.1) is 7.11 Å². The number of aromatic nitrogens is 2. The Bertz CT molecular complexity index is 329. The van der Waals surface area contributed by atoms with Crippen molar-refractivity contribution in [3.63, 3.8) is 0 Å². The molecule has 0 fully saturated rings. The van der Waals surface area contributed by atoms with Crippen molar-refractivity contribution in [3.8, 4) is 0 Å². The molecule has 15 heavy (non-hydrogen) atoms. The van der Waals surface area contributed by atoms with Crippen LogP contribution in [0.2, 0.25) is 0 Å². The van der Waals surface area contributed by atoms with Gasteiger partial charge in [0.25, 0.3) is 0 Å². The van der Waals surface area contributed by atoms with E-state index in [0.717, 1.165) is 14.4 Å². The van der Waals surface area contributed by atoms with E-state index in [4.69, 9.17) is 0 Å². The van der Waals surface area contributed by atoms with Crippen molar-refractivity contribution in [1.82, 2.24) is 10.2 Å². The molecule has 0 aromatic carbocycles.